The predicted octanol–water partition coefficient (Wildman–Crippen LogP) is 3.99. The smallest absolute Gasteiger partial charge is 0.345 e. The minimum Gasteiger partial charge on any atom is -0.465 e. The van der Waals surface area contributed by atoms with E-state index in [0.717, 1.165) is 5.56 Å². The molecule has 0 aliphatic carbocycles. The summed E-state index contributed by atoms with van der Waals surface area (Å²) in [6, 6.07) is 9.42. The van der Waals surface area contributed by atoms with Crippen LogP contribution in [0.5, 0.6) is 0 Å². The Labute approximate surface area is 132 Å². The second-order valence-electron chi connectivity index (χ2n) is 4.77. The number of ether oxygens (including phenoxy) is 1. The minimum atomic E-state index is -3.61. The summed E-state index contributed by atoms with van der Waals surface area (Å²) in [5.41, 5.74) is -0.0880. The molecule has 1 rings (SSSR count). The van der Waals surface area contributed by atoms with Crippen LogP contribution in [0.3, 0.4) is 0 Å². The third kappa shape index (κ3) is 4.67. The van der Waals surface area contributed by atoms with Gasteiger partial charge in [0.2, 0.25) is 0 Å². The van der Waals surface area contributed by atoms with Crippen LogP contribution in [0.15, 0.2) is 30.3 Å². The van der Waals surface area contributed by atoms with Gasteiger partial charge < -0.3 is 13.8 Å². The molecule has 0 saturated carbocycles. The first kappa shape index (κ1) is 18.9. The first-order valence-corrected chi connectivity index (χ1v) is 9.21. The Morgan fingerprint density at radius 2 is 1.59 bits per heavy atom. The summed E-state index contributed by atoms with van der Waals surface area (Å²) < 4.78 is 29.0. The highest BCUT2D eigenvalue weighted by Gasteiger charge is 2.46. The molecular formula is C16H25O5P. The van der Waals surface area contributed by atoms with E-state index in [4.69, 9.17) is 13.8 Å². The monoisotopic (exact) mass is 328 g/mol. The maximum atomic E-state index is 13.1. The highest BCUT2D eigenvalue weighted by Crippen LogP contribution is 2.57. The first-order chi connectivity index (χ1) is 10.5. The number of esters is 1. The SMILES string of the molecule is CCOC(=O)[C@@H]([C@H](C)c1ccccc1)P(=O)(OCC)OCC. The van der Waals surface area contributed by atoms with Crippen molar-refractivity contribution in [2.45, 2.75) is 39.3 Å². The number of benzene rings is 1. The average Bonchev–Trinajstić information content (AvgIpc) is 2.49. The van der Waals surface area contributed by atoms with E-state index in [1.807, 2.05) is 37.3 Å². The summed E-state index contributed by atoms with van der Waals surface area (Å²) in [7, 11) is -3.61. The molecule has 0 radical (unpaired) electrons. The molecule has 0 heterocycles. The van der Waals surface area contributed by atoms with Crippen LogP contribution in [0.4, 0.5) is 0 Å². The maximum Gasteiger partial charge on any atom is 0.345 e. The van der Waals surface area contributed by atoms with Crippen LogP contribution in [0.25, 0.3) is 0 Å². The van der Waals surface area contributed by atoms with Gasteiger partial charge in [-0.3, -0.25) is 9.36 Å². The molecule has 0 bridgehead atoms. The number of rotatable bonds is 9. The van der Waals surface area contributed by atoms with E-state index in [1.54, 1.807) is 20.8 Å². The molecule has 0 aromatic heterocycles. The molecule has 124 valence electrons. The lowest BCUT2D eigenvalue weighted by atomic mass is 9.97. The summed E-state index contributed by atoms with van der Waals surface area (Å²) in [6.07, 6.45) is 0. The van der Waals surface area contributed by atoms with Crippen LogP contribution in [0, 0.1) is 0 Å². The van der Waals surface area contributed by atoms with Gasteiger partial charge in [-0.2, -0.15) is 0 Å². The Kier molecular flexibility index (Phi) is 7.80. The van der Waals surface area contributed by atoms with Crippen LogP contribution in [-0.2, 0) is 23.1 Å². The Bertz CT molecular complexity index is 493. The molecule has 0 N–H and O–H groups in total. The van der Waals surface area contributed by atoms with Crippen LogP contribution in [0.1, 0.15) is 39.2 Å². The van der Waals surface area contributed by atoms with Crippen LogP contribution in [-0.4, -0.2) is 31.4 Å². The van der Waals surface area contributed by atoms with Crippen molar-refractivity contribution in [2.75, 3.05) is 19.8 Å². The normalized spacial score (nSPS) is 14.4. The van der Waals surface area contributed by atoms with Gasteiger partial charge in [-0.15, -0.1) is 0 Å². The van der Waals surface area contributed by atoms with E-state index in [0.29, 0.717) is 0 Å². The molecule has 1 aromatic carbocycles. The molecule has 5 nitrogen and oxygen atoms in total. The first-order valence-electron chi connectivity index (χ1n) is 7.60. The summed E-state index contributed by atoms with van der Waals surface area (Å²) in [4.78, 5) is 12.4. The molecule has 0 aliphatic rings. The summed E-state index contributed by atoms with van der Waals surface area (Å²) >= 11 is 0. The van der Waals surface area contributed by atoms with E-state index in [1.165, 1.54) is 0 Å². The third-order valence-corrected chi connectivity index (χ3v) is 5.86. The fourth-order valence-corrected chi connectivity index (χ4v) is 4.50. The fraction of sp³-hybridized carbons (Fsp3) is 0.562. The lowest BCUT2D eigenvalue weighted by Crippen LogP contribution is -2.31. The van der Waals surface area contributed by atoms with Crippen LogP contribution >= 0.6 is 7.60 Å². The van der Waals surface area contributed by atoms with Gasteiger partial charge in [0.25, 0.3) is 0 Å². The molecule has 0 unspecified atom stereocenters. The van der Waals surface area contributed by atoms with E-state index in [-0.39, 0.29) is 25.7 Å². The number of carbonyl (C=O) groups excluding carboxylic acids is 1. The molecule has 0 amide bonds. The molecule has 1 aromatic rings. The van der Waals surface area contributed by atoms with Crippen molar-refractivity contribution in [1.29, 1.82) is 0 Å². The average molecular weight is 328 g/mol. The largest absolute Gasteiger partial charge is 0.465 e. The summed E-state index contributed by atoms with van der Waals surface area (Å²) in [5, 5.41) is 0. The van der Waals surface area contributed by atoms with Crippen molar-refractivity contribution >= 4 is 13.6 Å². The van der Waals surface area contributed by atoms with Crippen LogP contribution in [0.2, 0.25) is 0 Å². The Hall–Kier alpha value is -1.16. The second kappa shape index (κ2) is 9.09. The van der Waals surface area contributed by atoms with Crippen molar-refractivity contribution in [2.24, 2.45) is 0 Å². The molecular weight excluding hydrogens is 303 g/mol. The molecule has 6 heteroatoms. The quantitative estimate of drug-likeness (QED) is 0.507. The standard InChI is InChI=1S/C16H25O5P/c1-5-19-16(17)15(22(18,20-6-2)21-7-3)13(4)14-11-9-8-10-12-14/h8-13,15H,5-7H2,1-4H3/t13-,15-/m1/s1. The summed E-state index contributed by atoms with van der Waals surface area (Å²) in [6.45, 7) is 7.62. The van der Waals surface area contributed by atoms with Gasteiger partial charge in [-0.25, -0.2) is 0 Å². The molecule has 2 atom stereocenters. The highest BCUT2D eigenvalue weighted by molar-refractivity contribution is 7.55. The number of hydrogen-bond acceptors (Lipinski definition) is 5. The maximum absolute atomic E-state index is 13.1. The van der Waals surface area contributed by atoms with E-state index in [9.17, 15) is 9.36 Å². The van der Waals surface area contributed by atoms with Gasteiger partial charge in [0.05, 0.1) is 19.8 Å². The van der Waals surface area contributed by atoms with Gasteiger partial charge in [0.1, 0.15) is 0 Å². The predicted molar refractivity (Wildman–Crippen MR) is 86.1 cm³/mol. The zero-order chi connectivity index (χ0) is 16.6. The zero-order valence-corrected chi connectivity index (χ0v) is 14.5. The van der Waals surface area contributed by atoms with Gasteiger partial charge >= 0.3 is 13.6 Å². The van der Waals surface area contributed by atoms with Crippen molar-refractivity contribution in [3.8, 4) is 0 Å². The second-order valence-corrected chi connectivity index (χ2v) is 6.92. The van der Waals surface area contributed by atoms with Gasteiger partial charge in [0, 0.05) is 5.92 Å². The molecule has 0 aliphatic heterocycles. The highest BCUT2D eigenvalue weighted by atomic mass is 31.2. The van der Waals surface area contributed by atoms with Crippen molar-refractivity contribution < 1.29 is 23.1 Å². The number of hydrogen-bond donors (Lipinski definition) is 0. The van der Waals surface area contributed by atoms with Crippen molar-refractivity contribution in [3.63, 3.8) is 0 Å². The zero-order valence-electron chi connectivity index (χ0n) is 13.7. The lowest BCUT2D eigenvalue weighted by Gasteiger charge is -2.29. The van der Waals surface area contributed by atoms with Gasteiger partial charge in [0.15, 0.2) is 5.66 Å². The molecule has 22 heavy (non-hydrogen) atoms. The van der Waals surface area contributed by atoms with E-state index >= 15 is 0 Å². The van der Waals surface area contributed by atoms with Crippen LogP contribution < -0.4 is 0 Å². The van der Waals surface area contributed by atoms with Gasteiger partial charge in [-0.1, -0.05) is 37.3 Å². The van der Waals surface area contributed by atoms with Gasteiger partial charge in [-0.05, 0) is 26.3 Å². The fourth-order valence-electron chi connectivity index (χ4n) is 2.33. The molecule has 0 spiro atoms. The molecule has 0 fully saturated rings. The Balaban J connectivity index is 3.22. The van der Waals surface area contributed by atoms with Crippen molar-refractivity contribution in [1.82, 2.24) is 0 Å². The topological polar surface area (TPSA) is 61.8 Å². The van der Waals surface area contributed by atoms with Crippen molar-refractivity contribution in [3.05, 3.63) is 35.9 Å². The summed E-state index contributed by atoms with van der Waals surface area (Å²) in [5.74, 6) is -0.895. The number of carbonyl (C=O) groups is 1. The minimum absolute atomic E-state index is 0.203. The Morgan fingerprint density at radius 3 is 2.05 bits per heavy atom. The van der Waals surface area contributed by atoms with E-state index in [2.05, 4.69) is 0 Å². The Morgan fingerprint density at radius 1 is 1.05 bits per heavy atom. The third-order valence-electron chi connectivity index (χ3n) is 3.29. The molecule has 0 saturated heterocycles. The van der Waals surface area contributed by atoms with E-state index < -0.39 is 19.2 Å². The lowest BCUT2D eigenvalue weighted by molar-refractivity contribution is -0.143.